The van der Waals surface area contributed by atoms with Gasteiger partial charge in [-0.15, -0.1) is 5.10 Å². The van der Waals surface area contributed by atoms with Crippen molar-refractivity contribution < 1.29 is 0 Å². The van der Waals surface area contributed by atoms with E-state index in [9.17, 15) is 9.59 Å². The summed E-state index contributed by atoms with van der Waals surface area (Å²) in [5.41, 5.74) is -0.409. The van der Waals surface area contributed by atoms with Crippen LogP contribution in [-0.4, -0.2) is 20.4 Å². The summed E-state index contributed by atoms with van der Waals surface area (Å²) >= 11 is 0. The van der Waals surface area contributed by atoms with Crippen molar-refractivity contribution in [2.75, 3.05) is 5.32 Å². The van der Waals surface area contributed by atoms with E-state index < -0.39 is 5.69 Å². The molecular weight excluding hydrogens is 268 g/mol. The van der Waals surface area contributed by atoms with Crippen LogP contribution in [0.4, 0.5) is 5.82 Å². The first kappa shape index (κ1) is 14.4. The molecule has 0 radical (unpaired) electrons. The van der Waals surface area contributed by atoms with E-state index in [1.807, 2.05) is 0 Å². The monoisotopic (exact) mass is 292 g/mol. The van der Waals surface area contributed by atoms with Crippen LogP contribution in [0.5, 0.6) is 0 Å². The minimum atomic E-state index is -0.399. The molecule has 116 valence electrons. The van der Waals surface area contributed by atoms with Crippen molar-refractivity contribution in [3.8, 4) is 0 Å². The Kier molecular flexibility index (Phi) is 2.88. The van der Waals surface area contributed by atoms with Crippen LogP contribution < -0.4 is 16.6 Å². The Balaban J connectivity index is 2.02. The predicted octanol–water partition coefficient (Wildman–Crippen LogP) is 1.11. The van der Waals surface area contributed by atoms with Crippen LogP contribution in [0.1, 0.15) is 40.0 Å². The van der Waals surface area contributed by atoms with Gasteiger partial charge in [0.2, 0.25) is 5.82 Å². The zero-order chi connectivity index (χ0) is 15.6. The van der Waals surface area contributed by atoms with Crippen LogP contribution in [-0.2, 0) is 14.1 Å². The molecule has 2 bridgehead atoms. The molecule has 6 nitrogen and oxygen atoms in total. The van der Waals surface area contributed by atoms with Gasteiger partial charge >= 0.3 is 5.69 Å². The average molecular weight is 292 g/mol. The van der Waals surface area contributed by atoms with Crippen LogP contribution in [0.3, 0.4) is 0 Å². The summed E-state index contributed by atoms with van der Waals surface area (Å²) in [6, 6.07) is 0.210. The maximum absolute atomic E-state index is 12.3. The van der Waals surface area contributed by atoms with E-state index in [1.165, 1.54) is 31.0 Å². The summed E-state index contributed by atoms with van der Waals surface area (Å²) < 4.78 is 2.32. The predicted molar refractivity (Wildman–Crippen MR) is 81.4 cm³/mol. The van der Waals surface area contributed by atoms with E-state index in [4.69, 9.17) is 0 Å². The van der Waals surface area contributed by atoms with Gasteiger partial charge in [-0.2, -0.15) is 0 Å². The highest BCUT2D eigenvalue weighted by Crippen LogP contribution is 2.62. The van der Waals surface area contributed by atoms with E-state index in [0.717, 1.165) is 4.57 Å². The zero-order valence-corrected chi connectivity index (χ0v) is 13.4. The SMILES string of the molecule is Cn1nc(NC2C3(C)CCC(C3)C2(C)C)c(=O)n(C)c1=O. The number of aromatic nitrogens is 3. The van der Waals surface area contributed by atoms with E-state index in [0.29, 0.717) is 5.92 Å². The first-order valence-electron chi connectivity index (χ1n) is 7.58. The summed E-state index contributed by atoms with van der Waals surface area (Å²) in [6.07, 6.45) is 3.65. The van der Waals surface area contributed by atoms with E-state index in [-0.39, 0.29) is 28.2 Å². The number of aryl methyl sites for hydroxylation is 1. The molecule has 0 aliphatic heterocycles. The van der Waals surface area contributed by atoms with Gasteiger partial charge in [0.05, 0.1) is 0 Å². The second-order valence-corrected chi connectivity index (χ2v) is 7.61. The molecule has 1 heterocycles. The molecule has 0 saturated heterocycles. The number of hydrogen-bond donors (Lipinski definition) is 1. The molecule has 0 amide bonds. The van der Waals surface area contributed by atoms with Crippen molar-refractivity contribution in [3.05, 3.63) is 20.8 Å². The highest BCUT2D eigenvalue weighted by molar-refractivity contribution is 5.35. The second kappa shape index (κ2) is 4.21. The van der Waals surface area contributed by atoms with E-state index in [2.05, 4.69) is 31.2 Å². The van der Waals surface area contributed by atoms with Gasteiger partial charge in [-0.3, -0.25) is 9.36 Å². The Morgan fingerprint density at radius 1 is 1.24 bits per heavy atom. The molecule has 3 rings (SSSR count). The Morgan fingerprint density at radius 3 is 2.48 bits per heavy atom. The highest BCUT2D eigenvalue weighted by atomic mass is 16.2. The third-order valence-corrected chi connectivity index (χ3v) is 5.87. The quantitative estimate of drug-likeness (QED) is 0.886. The van der Waals surface area contributed by atoms with Gasteiger partial charge < -0.3 is 5.32 Å². The van der Waals surface area contributed by atoms with Crippen molar-refractivity contribution in [1.82, 2.24) is 14.3 Å². The first-order valence-corrected chi connectivity index (χ1v) is 7.58. The lowest BCUT2D eigenvalue weighted by Crippen LogP contribution is -2.49. The standard InChI is InChI=1S/C15H24N4O2/c1-14(2)9-6-7-15(3,8-9)12(14)16-10-11(20)18(4)13(21)19(5)17-10/h9,12H,6-8H2,1-5H3,(H,16,17). The minimum absolute atomic E-state index is 0.133. The largest absolute Gasteiger partial charge is 0.360 e. The lowest BCUT2D eigenvalue weighted by atomic mass is 9.68. The number of fused-ring (bicyclic) bond motifs is 2. The van der Waals surface area contributed by atoms with Gasteiger partial charge in [-0.1, -0.05) is 20.8 Å². The van der Waals surface area contributed by atoms with Crippen LogP contribution in [0.15, 0.2) is 9.59 Å². The van der Waals surface area contributed by atoms with Crippen molar-refractivity contribution in [3.63, 3.8) is 0 Å². The number of anilines is 1. The Hall–Kier alpha value is -1.59. The van der Waals surface area contributed by atoms with Crippen LogP contribution in [0.2, 0.25) is 0 Å². The molecule has 2 fully saturated rings. The van der Waals surface area contributed by atoms with Crippen molar-refractivity contribution in [2.45, 2.75) is 46.1 Å². The van der Waals surface area contributed by atoms with E-state index in [1.54, 1.807) is 7.05 Å². The van der Waals surface area contributed by atoms with Crippen LogP contribution in [0.25, 0.3) is 0 Å². The summed E-state index contributed by atoms with van der Waals surface area (Å²) in [7, 11) is 3.06. The molecule has 0 aromatic carbocycles. The lowest BCUT2D eigenvalue weighted by molar-refractivity contribution is 0.155. The Labute approximate surface area is 124 Å². The summed E-state index contributed by atoms with van der Waals surface area (Å²) in [6.45, 7) is 6.84. The molecule has 1 N–H and O–H groups in total. The summed E-state index contributed by atoms with van der Waals surface area (Å²) in [5, 5.41) is 7.51. The smallest absolute Gasteiger partial charge is 0.346 e. The molecule has 6 heteroatoms. The maximum atomic E-state index is 12.3. The third kappa shape index (κ3) is 1.88. The highest BCUT2D eigenvalue weighted by Gasteiger charge is 2.59. The molecule has 21 heavy (non-hydrogen) atoms. The van der Waals surface area contributed by atoms with Crippen molar-refractivity contribution in [2.24, 2.45) is 30.8 Å². The summed E-state index contributed by atoms with van der Waals surface area (Å²) in [5.74, 6) is 0.975. The minimum Gasteiger partial charge on any atom is -0.360 e. The zero-order valence-electron chi connectivity index (χ0n) is 13.4. The molecule has 2 aliphatic carbocycles. The number of nitrogens with zero attached hydrogens (tertiary/aromatic N) is 3. The number of rotatable bonds is 2. The second-order valence-electron chi connectivity index (χ2n) is 7.61. The maximum Gasteiger partial charge on any atom is 0.346 e. The first-order chi connectivity index (χ1) is 9.67. The van der Waals surface area contributed by atoms with Gasteiger partial charge in [-0.25, -0.2) is 9.48 Å². The molecule has 2 saturated carbocycles. The number of nitrogens with one attached hydrogen (secondary N) is 1. The van der Waals surface area contributed by atoms with Gasteiger partial charge in [0.1, 0.15) is 0 Å². The molecular formula is C15H24N4O2. The van der Waals surface area contributed by atoms with Gasteiger partial charge in [0, 0.05) is 20.1 Å². The fourth-order valence-electron chi connectivity index (χ4n) is 4.59. The normalized spacial score (nSPS) is 33.4. The molecule has 3 unspecified atom stereocenters. The average Bonchev–Trinajstić information content (AvgIpc) is 2.89. The number of hydrogen-bond acceptors (Lipinski definition) is 4. The van der Waals surface area contributed by atoms with Crippen molar-refractivity contribution in [1.29, 1.82) is 0 Å². The molecule has 0 spiro atoms. The van der Waals surface area contributed by atoms with Gasteiger partial charge in [-0.05, 0) is 36.0 Å². The molecule has 1 aromatic heterocycles. The fraction of sp³-hybridized carbons (Fsp3) is 0.800. The Bertz CT molecular complexity index is 698. The van der Waals surface area contributed by atoms with Crippen LogP contribution >= 0.6 is 0 Å². The summed E-state index contributed by atoms with van der Waals surface area (Å²) in [4.78, 5) is 24.0. The van der Waals surface area contributed by atoms with E-state index >= 15 is 0 Å². The lowest BCUT2D eigenvalue weighted by Gasteiger charge is -2.43. The van der Waals surface area contributed by atoms with Gasteiger partial charge in [0.25, 0.3) is 5.56 Å². The molecule has 1 aromatic rings. The Morgan fingerprint density at radius 2 is 1.90 bits per heavy atom. The fourth-order valence-corrected chi connectivity index (χ4v) is 4.59. The van der Waals surface area contributed by atoms with Gasteiger partial charge in [0.15, 0.2) is 0 Å². The molecule has 3 atom stereocenters. The third-order valence-electron chi connectivity index (χ3n) is 5.87. The molecule has 2 aliphatic rings. The van der Waals surface area contributed by atoms with Crippen molar-refractivity contribution >= 4 is 5.82 Å². The van der Waals surface area contributed by atoms with Crippen LogP contribution in [0, 0.1) is 16.7 Å². The topological polar surface area (TPSA) is 68.9 Å².